The molecule has 5 nitrogen and oxygen atoms in total. The second kappa shape index (κ2) is 10.5. The fraction of sp³-hybridized carbons (Fsp3) is 0.217. The van der Waals surface area contributed by atoms with Gasteiger partial charge in [0.2, 0.25) is 5.91 Å². The molecule has 0 radical (unpaired) electrons. The lowest BCUT2D eigenvalue weighted by molar-refractivity contribution is -0.115. The van der Waals surface area contributed by atoms with E-state index in [9.17, 15) is 9.59 Å². The van der Waals surface area contributed by atoms with Gasteiger partial charge in [-0.3, -0.25) is 10.1 Å². The van der Waals surface area contributed by atoms with Crippen LogP contribution in [0.5, 0.6) is 0 Å². The van der Waals surface area contributed by atoms with E-state index >= 15 is 0 Å². The molecule has 150 valence electrons. The molecule has 0 unspecified atom stereocenters. The number of anilines is 1. The number of hydrogen-bond acceptors (Lipinski definition) is 5. The van der Waals surface area contributed by atoms with Crippen molar-refractivity contribution in [3.8, 4) is 0 Å². The summed E-state index contributed by atoms with van der Waals surface area (Å²) in [4.78, 5) is 25.4. The van der Waals surface area contributed by atoms with Gasteiger partial charge in [0.05, 0.1) is 24.8 Å². The Labute approximate surface area is 174 Å². The molecule has 0 spiro atoms. The third kappa shape index (κ3) is 6.01. The van der Waals surface area contributed by atoms with Crippen LogP contribution in [-0.4, -0.2) is 25.0 Å². The Hall–Kier alpha value is -2.96. The van der Waals surface area contributed by atoms with Crippen molar-refractivity contribution < 1.29 is 14.3 Å². The third-order valence-corrected chi connectivity index (χ3v) is 5.21. The van der Waals surface area contributed by atoms with Crippen LogP contribution in [0.15, 0.2) is 72.1 Å². The van der Waals surface area contributed by atoms with Gasteiger partial charge in [0.25, 0.3) is 0 Å². The molecule has 0 aliphatic rings. The lowest BCUT2D eigenvalue weighted by Gasteiger charge is -2.18. The minimum absolute atomic E-state index is 0.0438. The van der Waals surface area contributed by atoms with Gasteiger partial charge >= 0.3 is 5.97 Å². The number of benzene rings is 2. The molecular formula is C23H24N2O3S. The summed E-state index contributed by atoms with van der Waals surface area (Å²) in [6.45, 7) is 2.51. The van der Waals surface area contributed by atoms with Crippen LogP contribution in [0.4, 0.5) is 5.69 Å². The minimum atomic E-state index is -0.354. The van der Waals surface area contributed by atoms with Crippen molar-refractivity contribution in [3.05, 3.63) is 88.1 Å². The van der Waals surface area contributed by atoms with Crippen LogP contribution in [0, 0.1) is 0 Å². The molecule has 2 N–H and O–H groups in total. The van der Waals surface area contributed by atoms with Gasteiger partial charge < -0.3 is 10.1 Å². The van der Waals surface area contributed by atoms with E-state index in [1.807, 2.05) is 48.7 Å². The second-order valence-electron chi connectivity index (χ2n) is 6.50. The Morgan fingerprint density at radius 1 is 1.00 bits per heavy atom. The molecule has 2 aromatic carbocycles. The van der Waals surface area contributed by atoms with Gasteiger partial charge in [-0.25, -0.2) is 4.79 Å². The van der Waals surface area contributed by atoms with Gasteiger partial charge in [-0.15, -0.1) is 11.3 Å². The highest BCUT2D eigenvalue weighted by Crippen LogP contribution is 2.25. The molecule has 1 aromatic heterocycles. The Kier molecular flexibility index (Phi) is 7.55. The normalized spacial score (nSPS) is 11.6. The van der Waals surface area contributed by atoms with Gasteiger partial charge in [-0.1, -0.05) is 43.3 Å². The molecule has 3 aromatic rings. The molecule has 1 amide bonds. The summed E-state index contributed by atoms with van der Waals surface area (Å²) < 4.78 is 5.11. The average molecular weight is 409 g/mol. The molecule has 0 saturated heterocycles. The van der Waals surface area contributed by atoms with Gasteiger partial charge in [0.1, 0.15) is 0 Å². The summed E-state index contributed by atoms with van der Waals surface area (Å²) in [5, 5.41) is 8.22. The molecule has 29 heavy (non-hydrogen) atoms. The van der Waals surface area contributed by atoms with E-state index in [1.54, 1.807) is 35.6 Å². The monoisotopic (exact) mass is 408 g/mol. The van der Waals surface area contributed by atoms with Crippen LogP contribution in [-0.2, 0) is 9.53 Å². The standard InChI is InChI=1S/C23H24N2O3S/c1-2-14-28-23(27)18-10-12-19(13-11-18)25-21(26)16-24-22(20-9-6-15-29-20)17-7-4-3-5-8-17/h3-13,15,22,24H,2,14,16H2,1H3,(H,25,26)/t22-/m1/s1. The molecule has 1 heterocycles. The van der Waals surface area contributed by atoms with E-state index in [0.717, 1.165) is 16.9 Å². The molecule has 0 fully saturated rings. The number of thiophene rings is 1. The first-order valence-corrected chi connectivity index (χ1v) is 10.4. The number of nitrogens with one attached hydrogen (secondary N) is 2. The Bertz CT molecular complexity index is 909. The quantitative estimate of drug-likeness (QED) is 0.507. The topological polar surface area (TPSA) is 67.4 Å². The predicted octanol–water partition coefficient (Wildman–Crippen LogP) is 4.63. The summed E-state index contributed by atoms with van der Waals surface area (Å²) in [5.74, 6) is -0.503. The summed E-state index contributed by atoms with van der Waals surface area (Å²) in [7, 11) is 0. The van der Waals surface area contributed by atoms with E-state index in [1.165, 1.54) is 0 Å². The molecular weight excluding hydrogens is 384 g/mol. The number of rotatable bonds is 9. The maximum atomic E-state index is 12.4. The van der Waals surface area contributed by atoms with Crippen molar-refractivity contribution >= 4 is 28.9 Å². The smallest absolute Gasteiger partial charge is 0.338 e. The Morgan fingerprint density at radius 3 is 2.41 bits per heavy atom. The molecule has 0 aliphatic carbocycles. The zero-order chi connectivity index (χ0) is 20.5. The Balaban J connectivity index is 1.58. The maximum Gasteiger partial charge on any atom is 0.338 e. The van der Waals surface area contributed by atoms with E-state index in [-0.39, 0.29) is 24.5 Å². The molecule has 0 saturated carbocycles. The third-order valence-electron chi connectivity index (χ3n) is 4.27. The minimum Gasteiger partial charge on any atom is -0.462 e. The summed E-state index contributed by atoms with van der Waals surface area (Å²) in [6.07, 6.45) is 0.780. The van der Waals surface area contributed by atoms with Crippen molar-refractivity contribution in [1.82, 2.24) is 5.32 Å². The predicted molar refractivity (Wildman–Crippen MR) is 116 cm³/mol. The van der Waals surface area contributed by atoms with Crippen LogP contribution in [0.2, 0.25) is 0 Å². The fourth-order valence-electron chi connectivity index (χ4n) is 2.85. The highest BCUT2D eigenvalue weighted by Gasteiger charge is 2.16. The fourth-order valence-corrected chi connectivity index (χ4v) is 3.68. The lowest BCUT2D eigenvalue weighted by Crippen LogP contribution is -2.31. The van der Waals surface area contributed by atoms with E-state index < -0.39 is 0 Å². The Morgan fingerprint density at radius 2 is 1.76 bits per heavy atom. The van der Waals surface area contributed by atoms with E-state index in [4.69, 9.17) is 4.74 Å². The van der Waals surface area contributed by atoms with Crippen LogP contribution in [0.1, 0.15) is 40.2 Å². The van der Waals surface area contributed by atoms with Gasteiger partial charge in [-0.2, -0.15) is 0 Å². The van der Waals surface area contributed by atoms with Crippen LogP contribution in [0.25, 0.3) is 0 Å². The first-order chi connectivity index (χ1) is 14.2. The highest BCUT2D eigenvalue weighted by molar-refractivity contribution is 7.10. The molecule has 1 atom stereocenters. The number of amides is 1. The van der Waals surface area contributed by atoms with E-state index in [2.05, 4.69) is 16.7 Å². The number of carbonyl (C=O) groups is 2. The second-order valence-corrected chi connectivity index (χ2v) is 7.48. The first kappa shape index (κ1) is 20.8. The van der Waals surface area contributed by atoms with E-state index in [0.29, 0.717) is 17.9 Å². The summed E-state index contributed by atoms with van der Waals surface area (Å²) >= 11 is 1.65. The van der Waals surface area contributed by atoms with Gasteiger partial charge in [0, 0.05) is 10.6 Å². The number of carbonyl (C=O) groups excluding carboxylic acids is 2. The number of hydrogen-bond donors (Lipinski definition) is 2. The first-order valence-electron chi connectivity index (χ1n) is 9.56. The summed E-state index contributed by atoms with van der Waals surface area (Å²) in [6, 6.07) is 20.8. The van der Waals surface area contributed by atoms with Gasteiger partial charge in [-0.05, 0) is 47.7 Å². The zero-order valence-electron chi connectivity index (χ0n) is 16.3. The van der Waals surface area contributed by atoms with Crippen molar-refractivity contribution in [2.75, 3.05) is 18.5 Å². The van der Waals surface area contributed by atoms with Crippen LogP contribution in [0.3, 0.4) is 0 Å². The largest absolute Gasteiger partial charge is 0.462 e. The van der Waals surface area contributed by atoms with Crippen molar-refractivity contribution in [1.29, 1.82) is 0 Å². The van der Waals surface area contributed by atoms with Crippen LogP contribution < -0.4 is 10.6 Å². The number of ether oxygens (including phenoxy) is 1. The maximum absolute atomic E-state index is 12.4. The molecule has 6 heteroatoms. The SMILES string of the molecule is CCCOC(=O)c1ccc(NC(=O)CN[C@H](c2ccccc2)c2cccs2)cc1. The average Bonchev–Trinajstić information content (AvgIpc) is 3.28. The number of esters is 1. The molecule has 0 aliphatic heterocycles. The molecule has 0 bridgehead atoms. The van der Waals surface area contributed by atoms with Crippen molar-refractivity contribution in [3.63, 3.8) is 0 Å². The zero-order valence-corrected chi connectivity index (χ0v) is 17.1. The lowest BCUT2D eigenvalue weighted by atomic mass is 10.1. The van der Waals surface area contributed by atoms with Crippen LogP contribution >= 0.6 is 11.3 Å². The van der Waals surface area contributed by atoms with Gasteiger partial charge in [0.15, 0.2) is 0 Å². The molecule has 3 rings (SSSR count). The van der Waals surface area contributed by atoms with Crippen molar-refractivity contribution in [2.24, 2.45) is 0 Å². The van der Waals surface area contributed by atoms with Crippen molar-refractivity contribution in [2.45, 2.75) is 19.4 Å². The summed E-state index contributed by atoms with van der Waals surface area (Å²) in [5.41, 5.74) is 2.21. The highest BCUT2D eigenvalue weighted by atomic mass is 32.1.